The number of aliphatic hydroxyl groups is 1. The van der Waals surface area contributed by atoms with Crippen molar-refractivity contribution in [1.29, 1.82) is 0 Å². The standard InChI is InChI=1S/C16H14O2/c1-11(2)16(17)12-7-3-5-9-14(12)18-15-10-6-4-8-13(15)16/h3-10,17H,1H2,2H3. The van der Waals surface area contributed by atoms with Crippen LogP contribution in [0.3, 0.4) is 0 Å². The summed E-state index contributed by atoms with van der Waals surface area (Å²) in [6, 6.07) is 15.0. The van der Waals surface area contributed by atoms with E-state index in [0.29, 0.717) is 17.1 Å². The monoisotopic (exact) mass is 238 g/mol. The van der Waals surface area contributed by atoms with Gasteiger partial charge in [0, 0.05) is 11.1 Å². The van der Waals surface area contributed by atoms with Crippen LogP contribution in [0.2, 0.25) is 0 Å². The lowest BCUT2D eigenvalue weighted by molar-refractivity contribution is 0.109. The van der Waals surface area contributed by atoms with Crippen molar-refractivity contribution in [3.05, 3.63) is 71.8 Å². The Morgan fingerprint density at radius 2 is 1.44 bits per heavy atom. The van der Waals surface area contributed by atoms with Crippen molar-refractivity contribution in [2.45, 2.75) is 12.5 Å². The molecule has 2 aromatic rings. The summed E-state index contributed by atoms with van der Waals surface area (Å²) < 4.78 is 5.82. The summed E-state index contributed by atoms with van der Waals surface area (Å²) in [4.78, 5) is 0. The molecule has 90 valence electrons. The summed E-state index contributed by atoms with van der Waals surface area (Å²) in [5, 5.41) is 11.1. The number of hydrogen-bond donors (Lipinski definition) is 1. The van der Waals surface area contributed by atoms with E-state index in [1.54, 1.807) is 0 Å². The van der Waals surface area contributed by atoms with E-state index >= 15 is 0 Å². The Balaban J connectivity index is 2.34. The molecule has 1 heterocycles. The fraction of sp³-hybridized carbons (Fsp3) is 0.125. The van der Waals surface area contributed by atoms with Crippen molar-refractivity contribution in [3.8, 4) is 11.5 Å². The average molecular weight is 238 g/mol. The number of para-hydroxylation sites is 2. The Morgan fingerprint density at radius 1 is 1.00 bits per heavy atom. The van der Waals surface area contributed by atoms with Gasteiger partial charge in [0.25, 0.3) is 0 Å². The Hall–Kier alpha value is -2.06. The first-order valence-corrected chi connectivity index (χ1v) is 5.89. The molecule has 1 aliphatic heterocycles. The predicted octanol–water partition coefficient (Wildman–Crippen LogP) is 3.60. The molecule has 1 aliphatic rings. The molecule has 0 aromatic heterocycles. The van der Waals surface area contributed by atoms with Gasteiger partial charge in [-0.25, -0.2) is 0 Å². The molecule has 18 heavy (non-hydrogen) atoms. The van der Waals surface area contributed by atoms with E-state index in [1.165, 1.54) is 0 Å². The van der Waals surface area contributed by atoms with Crippen LogP contribution in [0.5, 0.6) is 11.5 Å². The molecule has 0 bridgehead atoms. The first kappa shape index (κ1) is 11.1. The van der Waals surface area contributed by atoms with Crippen molar-refractivity contribution in [2.24, 2.45) is 0 Å². The second-order valence-corrected chi connectivity index (χ2v) is 4.59. The zero-order chi connectivity index (χ0) is 12.8. The number of benzene rings is 2. The molecule has 2 heteroatoms. The van der Waals surface area contributed by atoms with Crippen LogP contribution < -0.4 is 4.74 Å². The summed E-state index contributed by atoms with van der Waals surface area (Å²) in [6.07, 6.45) is 0. The lowest BCUT2D eigenvalue weighted by Crippen LogP contribution is -2.31. The Labute approximate surface area is 106 Å². The van der Waals surface area contributed by atoms with Gasteiger partial charge in [-0.05, 0) is 24.6 Å². The maximum absolute atomic E-state index is 11.1. The number of fused-ring (bicyclic) bond motifs is 2. The van der Waals surface area contributed by atoms with E-state index in [1.807, 2.05) is 55.5 Å². The van der Waals surface area contributed by atoms with Crippen LogP contribution in [-0.2, 0) is 5.60 Å². The van der Waals surface area contributed by atoms with E-state index in [-0.39, 0.29) is 0 Å². The van der Waals surface area contributed by atoms with E-state index < -0.39 is 5.60 Å². The second-order valence-electron chi connectivity index (χ2n) is 4.59. The first-order chi connectivity index (χ1) is 8.64. The highest BCUT2D eigenvalue weighted by Crippen LogP contribution is 2.49. The second kappa shape index (κ2) is 3.72. The average Bonchev–Trinajstić information content (AvgIpc) is 2.39. The van der Waals surface area contributed by atoms with Gasteiger partial charge in [0.15, 0.2) is 0 Å². The van der Waals surface area contributed by atoms with Crippen LogP contribution in [0.4, 0.5) is 0 Å². The summed E-state index contributed by atoms with van der Waals surface area (Å²) in [5.74, 6) is 1.36. The van der Waals surface area contributed by atoms with Crippen LogP contribution in [0.25, 0.3) is 0 Å². The van der Waals surface area contributed by atoms with Crippen LogP contribution in [0.15, 0.2) is 60.7 Å². The minimum atomic E-state index is -1.18. The molecule has 2 nitrogen and oxygen atoms in total. The molecule has 0 radical (unpaired) electrons. The van der Waals surface area contributed by atoms with Gasteiger partial charge in [-0.3, -0.25) is 0 Å². The van der Waals surface area contributed by atoms with Gasteiger partial charge < -0.3 is 9.84 Å². The van der Waals surface area contributed by atoms with Gasteiger partial charge in [0.05, 0.1) is 0 Å². The van der Waals surface area contributed by atoms with E-state index in [2.05, 4.69) is 6.58 Å². The molecular weight excluding hydrogens is 224 g/mol. The Kier molecular flexibility index (Phi) is 2.28. The Bertz CT molecular complexity index is 583. The van der Waals surface area contributed by atoms with Gasteiger partial charge in [-0.15, -0.1) is 0 Å². The van der Waals surface area contributed by atoms with Gasteiger partial charge in [-0.1, -0.05) is 43.0 Å². The number of rotatable bonds is 1. The third kappa shape index (κ3) is 1.33. The number of hydrogen-bond acceptors (Lipinski definition) is 2. The predicted molar refractivity (Wildman–Crippen MR) is 70.8 cm³/mol. The lowest BCUT2D eigenvalue weighted by atomic mass is 9.79. The smallest absolute Gasteiger partial charge is 0.143 e. The summed E-state index contributed by atoms with van der Waals surface area (Å²) >= 11 is 0. The fourth-order valence-electron chi connectivity index (χ4n) is 2.43. The zero-order valence-electron chi connectivity index (χ0n) is 10.2. The van der Waals surface area contributed by atoms with E-state index in [9.17, 15) is 5.11 Å². The molecular formula is C16H14O2. The molecule has 0 amide bonds. The minimum absolute atomic E-state index is 0.682. The van der Waals surface area contributed by atoms with Gasteiger partial charge >= 0.3 is 0 Å². The van der Waals surface area contributed by atoms with Crippen molar-refractivity contribution in [2.75, 3.05) is 0 Å². The quantitative estimate of drug-likeness (QED) is 0.769. The van der Waals surface area contributed by atoms with Crippen LogP contribution >= 0.6 is 0 Å². The molecule has 2 aromatic carbocycles. The van der Waals surface area contributed by atoms with E-state index in [0.717, 1.165) is 11.1 Å². The highest BCUT2D eigenvalue weighted by atomic mass is 16.5. The molecule has 0 spiro atoms. The van der Waals surface area contributed by atoms with Crippen molar-refractivity contribution in [3.63, 3.8) is 0 Å². The van der Waals surface area contributed by atoms with Crippen LogP contribution in [0.1, 0.15) is 18.1 Å². The maximum atomic E-state index is 11.1. The maximum Gasteiger partial charge on any atom is 0.143 e. The topological polar surface area (TPSA) is 29.5 Å². The highest BCUT2D eigenvalue weighted by Gasteiger charge is 2.40. The number of ether oxygens (including phenoxy) is 1. The summed E-state index contributed by atoms with van der Waals surface area (Å²) in [5.41, 5.74) is 1.00. The first-order valence-electron chi connectivity index (χ1n) is 5.89. The fourth-order valence-corrected chi connectivity index (χ4v) is 2.43. The molecule has 0 unspecified atom stereocenters. The molecule has 0 saturated carbocycles. The third-order valence-corrected chi connectivity index (χ3v) is 3.39. The Morgan fingerprint density at radius 3 is 1.89 bits per heavy atom. The highest BCUT2D eigenvalue weighted by molar-refractivity contribution is 5.59. The summed E-state index contributed by atoms with van der Waals surface area (Å²) in [7, 11) is 0. The molecule has 0 atom stereocenters. The lowest BCUT2D eigenvalue weighted by Gasteiger charge is -2.36. The molecule has 0 saturated heterocycles. The van der Waals surface area contributed by atoms with Crippen molar-refractivity contribution < 1.29 is 9.84 Å². The SMILES string of the molecule is C=C(C)C1(O)c2ccccc2Oc2ccccc21. The molecule has 0 fully saturated rings. The van der Waals surface area contributed by atoms with Crippen LogP contribution in [-0.4, -0.2) is 5.11 Å². The van der Waals surface area contributed by atoms with Crippen molar-refractivity contribution in [1.82, 2.24) is 0 Å². The molecule has 1 N–H and O–H groups in total. The largest absolute Gasteiger partial charge is 0.457 e. The van der Waals surface area contributed by atoms with Crippen molar-refractivity contribution >= 4 is 0 Å². The van der Waals surface area contributed by atoms with Crippen LogP contribution in [0, 0.1) is 0 Å². The van der Waals surface area contributed by atoms with Gasteiger partial charge in [0.2, 0.25) is 0 Å². The minimum Gasteiger partial charge on any atom is -0.457 e. The molecule has 0 aliphatic carbocycles. The van der Waals surface area contributed by atoms with E-state index in [4.69, 9.17) is 4.74 Å². The molecule has 3 rings (SSSR count). The van der Waals surface area contributed by atoms with Gasteiger partial charge in [-0.2, -0.15) is 0 Å². The van der Waals surface area contributed by atoms with Gasteiger partial charge in [0.1, 0.15) is 17.1 Å². The summed E-state index contributed by atoms with van der Waals surface area (Å²) in [6.45, 7) is 5.77. The zero-order valence-corrected chi connectivity index (χ0v) is 10.2. The third-order valence-electron chi connectivity index (χ3n) is 3.39. The normalized spacial score (nSPS) is 15.2.